The van der Waals surface area contributed by atoms with Crippen molar-refractivity contribution in [2.45, 2.75) is 25.8 Å². The van der Waals surface area contributed by atoms with Crippen LogP contribution in [0.1, 0.15) is 28.8 Å². The van der Waals surface area contributed by atoms with Crippen LogP contribution in [0.15, 0.2) is 18.2 Å². The summed E-state index contributed by atoms with van der Waals surface area (Å²) in [5.41, 5.74) is 0.851. The number of rotatable bonds is 2. The molecule has 1 fully saturated rings. The number of aryl methyl sites for hydroxylation is 1. The zero-order chi connectivity index (χ0) is 13.1. The maximum absolute atomic E-state index is 13.1. The molecule has 18 heavy (non-hydrogen) atoms. The van der Waals surface area contributed by atoms with E-state index in [2.05, 4.69) is 10.6 Å². The normalized spacial score (nSPS) is 19.2. The molecule has 1 aromatic rings. The van der Waals surface area contributed by atoms with Gasteiger partial charge in [0.25, 0.3) is 5.91 Å². The van der Waals surface area contributed by atoms with E-state index in [9.17, 15) is 14.0 Å². The van der Waals surface area contributed by atoms with Crippen molar-refractivity contribution in [3.05, 3.63) is 35.1 Å². The number of amides is 2. The quantitative estimate of drug-likeness (QED) is 0.827. The van der Waals surface area contributed by atoms with Crippen LogP contribution in [-0.4, -0.2) is 24.4 Å². The third-order valence-corrected chi connectivity index (χ3v) is 3.00. The molecule has 1 aliphatic heterocycles. The van der Waals surface area contributed by atoms with Crippen LogP contribution >= 0.6 is 0 Å². The first kappa shape index (κ1) is 12.5. The van der Waals surface area contributed by atoms with Crippen molar-refractivity contribution in [2.75, 3.05) is 6.54 Å². The second-order valence-corrected chi connectivity index (χ2v) is 4.48. The van der Waals surface area contributed by atoms with Gasteiger partial charge in [-0.15, -0.1) is 0 Å². The van der Waals surface area contributed by atoms with Gasteiger partial charge in [-0.25, -0.2) is 4.39 Å². The molecule has 1 aromatic carbocycles. The van der Waals surface area contributed by atoms with Crippen molar-refractivity contribution in [1.29, 1.82) is 0 Å². The molecule has 0 aliphatic carbocycles. The monoisotopic (exact) mass is 250 g/mol. The molecule has 2 rings (SSSR count). The van der Waals surface area contributed by atoms with Crippen molar-refractivity contribution in [1.82, 2.24) is 10.6 Å². The first-order chi connectivity index (χ1) is 8.56. The molecule has 0 bridgehead atoms. The number of carbonyl (C=O) groups is 2. The first-order valence-electron chi connectivity index (χ1n) is 5.90. The molecule has 1 aliphatic rings. The Hall–Kier alpha value is -1.91. The highest BCUT2D eigenvalue weighted by molar-refractivity contribution is 5.95. The summed E-state index contributed by atoms with van der Waals surface area (Å²) >= 11 is 0. The zero-order valence-electron chi connectivity index (χ0n) is 10.1. The second-order valence-electron chi connectivity index (χ2n) is 4.48. The minimum Gasteiger partial charge on any atom is -0.356 e. The Morgan fingerprint density at radius 1 is 1.50 bits per heavy atom. The van der Waals surface area contributed by atoms with Crippen LogP contribution < -0.4 is 10.6 Å². The van der Waals surface area contributed by atoms with Crippen molar-refractivity contribution in [3.63, 3.8) is 0 Å². The van der Waals surface area contributed by atoms with E-state index in [-0.39, 0.29) is 23.7 Å². The van der Waals surface area contributed by atoms with E-state index in [0.717, 1.165) is 6.42 Å². The first-order valence-corrected chi connectivity index (χ1v) is 5.90. The minimum absolute atomic E-state index is 0.0539. The molecule has 0 saturated carbocycles. The number of hydrogen-bond donors (Lipinski definition) is 2. The van der Waals surface area contributed by atoms with Crippen molar-refractivity contribution in [3.8, 4) is 0 Å². The average molecular weight is 250 g/mol. The molecule has 4 nitrogen and oxygen atoms in total. The molecule has 1 unspecified atom stereocenters. The highest BCUT2D eigenvalue weighted by atomic mass is 19.1. The molecular weight excluding hydrogens is 235 g/mol. The van der Waals surface area contributed by atoms with E-state index in [1.165, 1.54) is 18.2 Å². The maximum Gasteiger partial charge on any atom is 0.251 e. The van der Waals surface area contributed by atoms with E-state index >= 15 is 0 Å². The Kier molecular flexibility index (Phi) is 3.60. The van der Waals surface area contributed by atoms with Gasteiger partial charge in [0.1, 0.15) is 5.82 Å². The maximum atomic E-state index is 13.1. The summed E-state index contributed by atoms with van der Waals surface area (Å²) in [6.45, 7) is 2.19. The van der Waals surface area contributed by atoms with E-state index in [1.54, 1.807) is 6.92 Å². The number of benzene rings is 1. The summed E-state index contributed by atoms with van der Waals surface area (Å²) in [7, 11) is 0. The van der Waals surface area contributed by atoms with Crippen LogP contribution in [0.25, 0.3) is 0 Å². The van der Waals surface area contributed by atoms with Crippen molar-refractivity contribution in [2.24, 2.45) is 0 Å². The summed E-state index contributed by atoms with van der Waals surface area (Å²) in [5.74, 6) is -0.650. The van der Waals surface area contributed by atoms with Gasteiger partial charge < -0.3 is 10.6 Å². The summed E-state index contributed by atoms with van der Waals surface area (Å²) < 4.78 is 13.1. The Morgan fingerprint density at radius 2 is 2.28 bits per heavy atom. The lowest BCUT2D eigenvalue weighted by atomic mass is 10.0. The Labute approximate surface area is 105 Å². The Bertz CT molecular complexity index is 488. The van der Waals surface area contributed by atoms with Gasteiger partial charge in [-0.2, -0.15) is 0 Å². The van der Waals surface area contributed by atoms with Crippen LogP contribution in [0.2, 0.25) is 0 Å². The molecule has 1 atom stereocenters. The van der Waals surface area contributed by atoms with Crippen LogP contribution in [0.4, 0.5) is 4.39 Å². The standard InChI is InChI=1S/C13H15FN2O2/c1-8-6-9(2-3-11(8)14)13(18)16-10-4-5-15-12(17)7-10/h2-3,6,10H,4-5,7H2,1H3,(H,15,17)(H,16,18). The van der Waals surface area contributed by atoms with Gasteiger partial charge in [-0.1, -0.05) is 0 Å². The van der Waals surface area contributed by atoms with Gasteiger partial charge >= 0.3 is 0 Å². The fraction of sp³-hybridized carbons (Fsp3) is 0.385. The molecule has 0 spiro atoms. The van der Waals surface area contributed by atoms with Crippen LogP contribution in [-0.2, 0) is 4.79 Å². The highest BCUT2D eigenvalue weighted by Gasteiger charge is 2.21. The van der Waals surface area contributed by atoms with Crippen molar-refractivity contribution < 1.29 is 14.0 Å². The van der Waals surface area contributed by atoms with Gasteiger partial charge in [-0.05, 0) is 37.1 Å². The van der Waals surface area contributed by atoms with Gasteiger partial charge in [0.2, 0.25) is 5.91 Å². The SMILES string of the molecule is Cc1cc(C(=O)NC2CCNC(=O)C2)ccc1F. The predicted octanol–water partition coefficient (Wildman–Crippen LogP) is 1.14. The van der Waals surface area contributed by atoms with Crippen molar-refractivity contribution >= 4 is 11.8 Å². The van der Waals surface area contributed by atoms with E-state index in [1.807, 2.05) is 0 Å². The molecule has 0 radical (unpaired) electrons. The molecule has 1 saturated heterocycles. The third-order valence-electron chi connectivity index (χ3n) is 3.00. The zero-order valence-corrected chi connectivity index (χ0v) is 10.1. The summed E-state index contributed by atoms with van der Waals surface area (Å²) in [6, 6.07) is 4.09. The highest BCUT2D eigenvalue weighted by Crippen LogP contribution is 2.10. The van der Waals surface area contributed by atoms with Crippen LogP contribution in [0.3, 0.4) is 0 Å². The number of hydrogen-bond acceptors (Lipinski definition) is 2. The average Bonchev–Trinajstić information content (AvgIpc) is 2.32. The molecule has 1 heterocycles. The molecule has 2 N–H and O–H groups in total. The van der Waals surface area contributed by atoms with Crippen LogP contribution in [0.5, 0.6) is 0 Å². The molecule has 0 aromatic heterocycles. The van der Waals surface area contributed by atoms with E-state index in [4.69, 9.17) is 0 Å². The lowest BCUT2D eigenvalue weighted by molar-refractivity contribution is -0.122. The fourth-order valence-electron chi connectivity index (χ4n) is 1.96. The molecule has 96 valence electrons. The predicted molar refractivity (Wildman–Crippen MR) is 64.6 cm³/mol. The summed E-state index contributed by atoms with van der Waals surface area (Å²) in [6.07, 6.45) is 1.02. The molecule has 5 heteroatoms. The second kappa shape index (κ2) is 5.16. The van der Waals surface area contributed by atoms with Crippen LogP contribution in [0, 0.1) is 12.7 Å². The lowest BCUT2D eigenvalue weighted by Gasteiger charge is -2.23. The van der Waals surface area contributed by atoms with Gasteiger partial charge in [0, 0.05) is 24.6 Å². The number of carbonyl (C=O) groups excluding carboxylic acids is 2. The topological polar surface area (TPSA) is 58.2 Å². The van der Waals surface area contributed by atoms with Gasteiger partial charge in [-0.3, -0.25) is 9.59 Å². The third kappa shape index (κ3) is 2.85. The number of halogens is 1. The number of nitrogens with one attached hydrogen (secondary N) is 2. The Balaban J connectivity index is 2.02. The minimum atomic E-state index is -0.330. The largest absolute Gasteiger partial charge is 0.356 e. The van der Waals surface area contributed by atoms with E-state index in [0.29, 0.717) is 24.1 Å². The Morgan fingerprint density at radius 3 is 2.94 bits per heavy atom. The van der Waals surface area contributed by atoms with Gasteiger partial charge in [0.05, 0.1) is 0 Å². The fourth-order valence-corrected chi connectivity index (χ4v) is 1.96. The van der Waals surface area contributed by atoms with Gasteiger partial charge in [0.15, 0.2) is 0 Å². The summed E-state index contributed by atoms with van der Waals surface area (Å²) in [5, 5.41) is 5.49. The number of piperidine rings is 1. The van der Waals surface area contributed by atoms with E-state index < -0.39 is 0 Å². The lowest BCUT2D eigenvalue weighted by Crippen LogP contribution is -2.45. The molecule has 2 amide bonds. The molecular formula is C13H15FN2O2. The summed E-state index contributed by atoms with van der Waals surface area (Å²) in [4.78, 5) is 23.1. The smallest absolute Gasteiger partial charge is 0.251 e.